The fourth-order valence-corrected chi connectivity index (χ4v) is 5.00. The summed E-state index contributed by atoms with van der Waals surface area (Å²) < 4.78 is 5.38. The highest BCUT2D eigenvalue weighted by Gasteiger charge is 2.38. The molecule has 2 aliphatic rings. The van der Waals surface area contributed by atoms with E-state index in [4.69, 9.17) is 4.74 Å². The van der Waals surface area contributed by atoms with Crippen LogP contribution in [0.5, 0.6) is 0 Å². The summed E-state index contributed by atoms with van der Waals surface area (Å²) in [6.07, 6.45) is 0.549. The zero-order valence-electron chi connectivity index (χ0n) is 19.6. The number of likely N-dealkylation sites (N-methyl/N-ethyl adjacent to an activating group) is 1. The molecule has 1 N–H and O–H groups in total. The molecule has 1 aromatic heterocycles. The SMILES string of the molecule is CCOC(=O)C1=C(CN2CCN(C(=O)CC(C)C)[C@@H](C)C2)N(C)C(=O)N[C@@H]1c1ccsc1. The van der Waals surface area contributed by atoms with Gasteiger partial charge in [-0.3, -0.25) is 14.6 Å². The second-order valence-electron chi connectivity index (χ2n) is 8.85. The topological polar surface area (TPSA) is 82.2 Å². The molecule has 0 unspecified atom stereocenters. The van der Waals surface area contributed by atoms with Crippen LogP contribution in [0, 0.1) is 5.92 Å². The molecule has 1 fully saturated rings. The van der Waals surface area contributed by atoms with Crippen molar-refractivity contribution in [3.05, 3.63) is 33.7 Å². The number of carbonyl (C=O) groups is 3. The zero-order chi connectivity index (χ0) is 23.4. The van der Waals surface area contributed by atoms with Crippen molar-refractivity contribution in [3.63, 3.8) is 0 Å². The molecule has 2 aliphatic heterocycles. The van der Waals surface area contributed by atoms with Gasteiger partial charge in [-0.05, 0) is 42.2 Å². The van der Waals surface area contributed by atoms with Crippen molar-refractivity contribution in [1.29, 1.82) is 0 Å². The fourth-order valence-electron chi connectivity index (χ4n) is 4.31. The molecule has 0 bridgehead atoms. The van der Waals surface area contributed by atoms with E-state index in [0.717, 1.165) is 5.56 Å². The molecule has 3 rings (SSSR count). The summed E-state index contributed by atoms with van der Waals surface area (Å²) in [4.78, 5) is 44.0. The largest absolute Gasteiger partial charge is 0.463 e. The summed E-state index contributed by atoms with van der Waals surface area (Å²) in [5, 5.41) is 6.80. The monoisotopic (exact) mass is 462 g/mol. The molecule has 32 heavy (non-hydrogen) atoms. The average molecular weight is 463 g/mol. The van der Waals surface area contributed by atoms with E-state index >= 15 is 0 Å². The van der Waals surface area contributed by atoms with E-state index in [-0.39, 0.29) is 24.6 Å². The van der Waals surface area contributed by atoms with E-state index < -0.39 is 12.0 Å². The summed E-state index contributed by atoms with van der Waals surface area (Å²) in [7, 11) is 1.68. The molecular formula is C23H34N4O4S. The lowest BCUT2D eigenvalue weighted by Crippen LogP contribution is -2.56. The maximum Gasteiger partial charge on any atom is 0.338 e. The van der Waals surface area contributed by atoms with Crippen LogP contribution in [0.2, 0.25) is 0 Å². The van der Waals surface area contributed by atoms with Gasteiger partial charge in [0.2, 0.25) is 5.91 Å². The van der Waals surface area contributed by atoms with Crippen molar-refractivity contribution in [2.45, 2.75) is 46.2 Å². The first-order valence-corrected chi connectivity index (χ1v) is 12.1. The number of rotatable bonds is 7. The van der Waals surface area contributed by atoms with Crippen LogP contribution in [0.15, 0.2) is 28.1 Å². The highest BCUT2D eigenvalue weighted by Crippen LogP contribution is 2.32. The van der Waals surface area contributed by atoms with E-state index in [1.165, 1.54) is 16.2 Å². The van der Waals surface area contributed by atoms with Gasteiger partial charge in [0.15, 0.2) is 0 Å². The van der Waals surface area contributed by atoms with Crippen LogP contribution in [-0.4, -0.2) is 78.5 Å². The number of thiophene rings is 1. The number of urea groups is 1. The number of carbonyl (C=O) groups excluding carboxylic acids is 3. The number of esters is 1. The highest BCUT2D eigenvalue weighted by molar-refractivity contribution is 7.08. The lowest BCUT2D eigenvalue weighted by molar-refractivity contribution is -0.139. The molecular weight excluding hydrogens is 428 g/mol. The first kappa shape index (κ1) is 24.3. The van der Waals surface area contributed by atoms with Crippen LogP contribution < -0.4 is 5.32 Å². The lowest BCUT2D eigenvalue weighted by atomic mass is 9.96. The summed E-state index contributed by atoms with van der Waals surface area (Å²) >= 11 is 1.52. The van der Waals surface area contributed by atoms with Crippen LogP contribution in [-0.2, 0) is 14.3 Å². The van der Waals surface area contributed by atoms with Crippen LogP contribution in [0.25, 0.3) is 0 Å². The molecule has 1 aromatic rings. The zero-order valence-corrected chi connectivity index (χ0v) is 20.4. The van der Waals surface area contributed by atoms with Crippen molar-refractivity contribution in [1.82, 2.24) is 20.0 Å². The van der Waals surface area contributed by atoms with Crippen molar-refractivity contribution < 1.29 is 19.1 Å². The van der Waals surface area contributed by atoms with Gasteiger partial charge < -0.3 is 15.0 Å². The van der Waals surface area contributed by atoms with Gasteiger partial charge in [-0.1, -0.05) is 13.8 Å². The molecule has 8 nitrogen and oxygen atoms in total. The van der Waals surface area contributed by atoms with Gasteiger partial charge in [-0.15, -0.1) is 0 Å². The number of ether oxygens (including phenoxy) is 1. The second kappa shape index (κ2) is 10.5. The Labute approximate surface area is 194 Å². The molecule has 1 saturated heterocycles. The van der Waals surface area contributed by atoms with Crippen molar-refractivity contribution in [2.75, 3.05) is 39.8 Å². The third kappa shape index (κ3) is 5.32. The summed E-state index contributed by atoms with van der Waals surface area (Å²) in [5.74, 6) is 0.100. The van der Waals surface area contributed by atoms with E-state index in [1.807, 2.05) is 21.7 Å². The Balaban J connectivity index is 1.85. The molecule has 2 atom stereocenters. The maximum absolute atomic E-state index is 13.0. The lowest BCUT2D eigenvalue weighted by Gasteiger charge is -2.42. The summed E-state index contributed by atoms with van der Waals surface area (Å²) in [6.45, 7) is 10.6. The quantitative estimate of drug-likeness (QED) is 0.630. The van der Waals surface area contributed by atoms with Gasteiger partial charge in [-0.2, -0.15) is 11.3 Å². The number of amides is 3. The summed E-state index contributed by atoms with van der Waals surface area (Å²) in [6, 6.07) is 1.20. The van der Waals surface area contributed by atoms with E-state index in [2.05, 4.69) is 31.0 Å². The van der Waals surface area contributed by atoms with Crippen LogP contribution in [0.1, 0.15) is 45.7 Å². The Morgan fingerprint density at radius 2 is 2.06 bits per heavy atom. The van der Waals surface area contributed by atoms with Crippen LogP contribution >= 0.6 is 11.3 Å². The molecule has 3 heterocycles. The molecule has 9 heteroatoms. The molecule has 0 spiro atoms. The Morgan fingerprint density at radius 1 is 1.31 bits per heavy atom. The number of nitrogens with one attached hydrogen (secondary N) is 1. The minimum Gasteiger partial charge on any atom is -0.463 e. The van der Waals surface area contributed by atoms with Gasteiger partial charge in [0.25, 0.3) is 0 Å². The van der Waals surface area contributed by atoms with E-state index in [9.17, 15) is 14.4 Å². The van der Waals surface area contributed by atoms with Crippen molar-refractivity contribution in [2.24, 2.45) is 5.92 Å². The van der Waals surface area contributed by atoms with Crippen molar-refractivity contribution >= 4 is 29.2 Å². The second-order valence-corrected chi connectivity index (χ2v) is 9.63. The maximum atomic E-state index is 13.0. The number of nitrogens with zero attached hydrogens (tertiary/aromatic N) is 3. The molecule has 0 radical (unpaired) electrons. The number of piperazine rings is 1. The van der Waals surface area contributed by atoms with Gasteiger partial charge in [-0.25, -0.2) is 9.59 Å². The van der Waals surface area contributed by atoms with Crippen LogP contribution in [0.4, 0.5) is 4.79 Å². The predicted molar refractivity (Wildman–Crippen MR) is 124 cm³/mol. The molecule has 0 aromatic carbocycles. The minimum atomic E-state index is -0.537. The first-order valence-electron chi connectivity index (χ1n) is 11.2. The molecule has 3 amide bonds. The van der Waals surface area contributed by atoms with Crippen LogP contribution in [0.3, 0.4) is 0 Å². The fraction of sp³-hybridized carbons (Fsp3) is 0.609. The standard InChI is InChI=1S/C23H34N4O4S/c1-6-31-22(29)20-18(25(5)23(30)24-21(20)17-7-10-32-14-17)13-26-8-9-27(16(4)12-26)19(28)11-15(2)3/h7,10,14-16,21H,6,8-9,11-13H2,1-5H3,(H,24,30)/t16-,21+/m0/s1. The molecule has 0 aliphatic carbocycles. The Hall–Kier alpha value is -2.39. The van der Waals surface area contributed by atoms with Gasteiger partial charge in [0, 0.05) is 51.4 Å². The Bertz CT molecular complexity index is 867. The van der Waals surface area contributed by atoms with Crippen molar-refractivity contribution in [3.8, 4) is 0 Å². The molecule has 176 valence electrons. The van der Waals surface area contributed by atoms with Gasteiger partial charge in [0.05, 0.1) is 18.2 Å². The van der Waals surface area contributed by atoms with E-state index in [1.54, 1.807) is 14.0 Å². The van der Waals surface area contributed by atoms with E-state index in [0.29, 0.717) is 49.8 Å². The van der Waals surface area contributed by atoms with Gasteiger partial charge >= 0.3 is 12.0 Å². The third-order valence-corrected chi connectivity index (χ3v) is 6.64. The predicted octanol–water partition coefficient (Wildman–Crippen LogP) is 2.84. The Morgan fingerprint density at radius 3 is 2.66 bits per heavy atom. The highest BCUT2D eigenvalue weighted by atomic mass is 32.1. The average Bonchev–Trinajstić information content (AvgIpc) is 3.25. The number of hydrogen-bond donors (Lipinski definition) is 1. The number of hydrogen-bond acceptors (Lipinski definition) is 6. The normalized spacial score (nSPS) is 22.4. The Kier molecular flexibility index (Phi) is 7.95. The first-order chi connectivity index (χ1) is 15.2. The minimum absolute atomic E-state index is 0.0667. The third-order valence-electron chi connectivity index (χ3n) is 5.94. The van der Waals surface area contributed by atoms with Gasteiger partial charge in [0.1, 0.15) is 0 Å². The smallest absolute Gasteiger partial charge is 0.338 e. The summed E-state index contributed by atoms with van der Waals surface area (Å²) in [5.41, 5.74) is 1.99. The molecule has 0 saturated carbocycles.